The van der Waals surface area contributed by atoms with E-state index in [4.69, 9.17) is 4.74 Å². The van der Waals surface area contributed by atoms with Crippen LogP contribution in [-0.2, 0) is 14.3 Å². The average molecular weight is 256 g/mol. The van der Waals surface area contributed by atoms with Crippen LogP contribution in [0.3, 0.4) is 0 Å². The molecule has 0 unspecified atom stereocenters. The minimum absolute atomic E-state index is 0.0532. The lowest BCUT2D eigenvalue weighted by atomic mass is 9.97. The first-order valence-corrected chi connectivity index (χ1v) is 6.77. The van der Waals surface area contributed by atoms with Gasteiger partial charge in [-0.15, -0.1) is 0 Å². The number of nitrogens with one attached hydrogen (secondary N) is 1. The highest BCUT2D eigenvalue weighted by molar-refractivity contribution is 5.75. The molecule has 0 spiro atoms. The Morgan fingerprint density at radius 3 is 2.56 bits per heavy atom. The van der Waals surface area contributed by atoms with Crippen LogP contribution in [0, 0.1) is 5.92 Å². The summed E-state index contributed by atoms with van der Waals surface area (Å²) in [4.78, 5) is 24.9. The van der Waals surface area contributed by atoms with Crippen LogP contribution < -0.4 is 5.32 Å². The summed E-state index contributed by atoms with van der Waals surface area (Å²) in [6.07, 6.45) is 3.20. The second-order valence-corrected chi connectivity index (χ2v) is 4.64. The fourth-order valence-electron chi connectivity index (χ4n) is 2.24. The van der Waals surface area contributed by atoms with Crippen molar-refractivity contribution >= 4 is 11.9 Å². The van der Waals surface area contributed by atoms with Gasteiger partial charge < -0.3 is 15.0 Å². The van der Waals surface area contributed by atoms with Gasteiger partial charge in [0, 0.05) is 13.5 Å². The van der Waals surface area contributed by atoms with Gasteiger partial charge in [0.05, 0.1) is 12.5 Å². The van der Waals surface area contributed by atoms with Crippen molar-refractivity contribution in [3.63, 3.8) is 0 Å². The van der Waals surface area contributed by atoms with Gasteiger partial charge in [0.1, 0.15) is 0 Å². The van der Waals surface area contributed by atoms with Crippen LogP contribution in [0.5, 0.6) is 0 Å². The lowest BCUT2D eigenvalue weighted by Gasteiger charge is -2.30. The summed E-state index contributed by atoms with van der Waals surface area (Å²) in [7, 11) is 1.66. The molecule has 1 N–H and O–H groups in total. The molecule has 1 saturated heterocycles. The molecular formula is C13H24N2O3. The van der Waals surface area contributed by atoms with E-state index in [1.165, 1.54) is 0 Å². The lowest BCUT2D eigenvalue weighted by Crippen LogP contribution is -2.37. The maximum absolute atomic E-state index is 11.6. The number of ether oxygens (including phenoxy) is 1. The molecule has 1 aliphatic heterocycles. The van der Waals surface area contributed by atoms with Crippen molar-refractivity contribution in [1.82, 2.24) is 10.2 Å². The molecule has 104 valence electrons. The van der Waals surface area contributed by atoms with Gasteiger partial charge in [-0.1, -0.05) is 0 Å². The number of hydrogen-bond donors (Lipinski definition) is 1. The molecule has 1 heterocycles. The van der Waals surface area contributed by atoms with Crippen molar-refractivity contribution in [1.29, 1.82) is 0 Å². The standard InChI is InChI=1S/C13H24N2O3/c1-3-18-13(17)11-6-9-15(10-7-11)8-4-5-12(16)14-2/h11H,3-10H2,1-2H3,(H,14,16). The summed E-state index contributed by atoms with van der Waals surface area (Å²) in [5.74, 6) is 0.110. The van der Waals surface area contributed by atoms with E-state index in [-0.39, 0.29) is 17.8 Å². The summed E-state index contributed by atoms with van der Waals surface area (Å²) in [5, 5.41) is 2.62. The highest BCUT2D eigenvalue weighted by Crippen LogP contribution is 2.18. The predicted octanol–water partition coefficient (Wildman–Crippen LogP) is 0.788. The van der Waals surface area contributed by atoms with E-state index in [0.29, 0.717) is 13.0 Å². The molecule has 0 saturated carbocycles. The zero-order chi connectivity index (χ0) is 13.4. The summed E-state index contributed by atoms with van der Waals surface area (Å²) < 4.78 is 5.03. The Bertz CT molecular complexity index is 273. The van der Waals surface area contributed by atoms with Crippen molar-refractivity contribution in [2.24, 2.45) is 5.92 Å². The van der Waals surface area contributed by atoms with E-state index in [9.17, 15) is 9.59 Å². The first-order chi connectivity index (χ1) is 8.67. The Kier molecular flexibility index (Phi) is 6.72. The second kappa shape index (κ2) is 8.08. The number of carbonyl (C=O) groups excluding carboxylic acids is 2. The molecule has 1 fully saturated rings. The smallest absolute Gasteiger partial charge is 0.309 e. The van der Waals surface area contributed by atoms with Gasteiger partial charge in [-0.3, -0.25) is 9.59 Å². The molecular weight excluding hydrogens is 232 g/mol. The number of esters is 1. The number of nitrogens with zero attached hydrogens (tertiary/aromatic N) is 1. The number of likely N-dealkylation sites (tertiary alicyclic amines) is 1. The normalized spacial score (nSPS) is 17.4. The van der Waals surface area contributed by atoms with Gasteiger partial charge in [0.2, 0.25) is 5.91 Å². The molecule has 5 nitrogen and oxygen atoms in total. The third-order valence-corrected chi connectivity index (χ3v) is 3.36. The second-order valence-electron chi connectivity index (χ2n) is 4.64. The molecule has 0 aliphatic carbocycles. The van der Waals surface area contributed by atoms with Crippen LogP contribution in [0.15, 0.2) is 0 Å². The SMILES string of the molecule is CCOC(=O)C1CCN(CCCC(=O)NC)CC1. The van der Waals surface area contributed by atoms with E-state index in [2.05, 4.69) is 10.2 Å². The van der Waals surface area contributed by atoms with Crippen LogP contribution in [0.25, 0.3) is 0 Å². The zero-order valence-corrected chi connectivity index (χ0v) is 11.4. The Morgan fingerprint density at radius 2 is 2.00 bits per heavy atom. The molecule has 1 rings (SSSR count). The number of carbonyl (C=O) groups is 2. The fourth-order valence-corrected chi connectivity index (χ4v) is 2.24. The largest absolute Gasteiger partial charge is 0.466 e. The van der Waals surface area contributed by atoms with Crippen LogP contribution in [0.4, 0.5) is 0 Å². The fraction of sp³-hybridized carbons (Fsp3) is 0.846. The van der Waals surface area contributed by atoms with E-state index >= 15 is 0 Å². The molecule has 0 bridgehead atoms. The third-order valence-electron chi connectivity index (χ3n) is 3.36. The molecule has 0 aromatic carbocycles. The lowest BCUT2D eigenvalue weighted by molar-refractivity contribution is -0.149. The van der Waals surface area contributed by atoms with Gasteiger partial charge in [-0.2, -0.15) is 0 Å². The number of amides is 1. The van der Waals surface area contributed by atoms with Crippen LogP contribution in [0.1, 0.15) is 32.6 Å². The quantitative estimate of drug-likeness (QED) is 0.714. The highest BCUT2D eigenvalue weighted by Gasteiger charge is 2.25. The number of hydrogen-bond acceptors (Lipinski definition) is 4. The molecule has 5 heteroatoms. The zero-order valence-electron chi connectivity index (χ0n) is 11.4. The van der Waals surface area contributed by atoms with Gasteiger partial charge in [0.25, 0.3) is 0 Å². The molecule has 0 atom stereocenters. The Labute approximate surface area is 109 Å². The van der Waals surface area contributed by atoms with Gasteiger partial charge in [0.15, 0.2) is 0 Å². The molecule has 0 radical (unpaired) electrons. The van der Waals surface area contributed by atoms with E-state index < -0.39 is 0 Å². The van der Waals surface area contributed by atoms with Crippen LogP contribution in [0.2, 0.25) is 0 Å². The van der Waals surface area contributed by atoms with Crippen molar-refractivity contribution < 1.29 is 14.3 Å². The minimum Gasteiger partial charge on any atom is -0.466 e. The van der Waals surface area contributed by atoms with Crippen LogP contribution in [-0.4, -0.2) is 50.1 Å². The first kappa shape index (κ1) is 15.0. The molecule has 18 heavy (non-hydrogen) atoms. The van der Waals surface area contributed by atoms with Crippen LogP contribution >= 0.6 is 0 Å². The molecule has 1 aliphatic rings. The van der Waals surface area contributed by atoms with Gasteiger partial charge in [-0.05, 0) is 45.8 Å². The predicted molar refractivity (Wildman–Crippen MR) is 69.1 cm³/mol. The summed E-state index contributed by atoms with van der Waals surface area (Å²) >= 11 is 0. The van der Waals surface area contributed by atoms with E-state index in [0.717, 1.165) is 38.9 Å². The highest BCUT2D eigenvalue weighted by atomic mass is 16.5. The summed E-state index contributed by atoms with van der Waals surface area (Å²) in [6, 6.07) is 0. The topological polar surface area (TPSA) is 58.6 Å². The van der Waals surface area contributed by atoms with Gasteiger partial charge in [-0.25, -0.2) is 0 Å². The van der Waals surface area contributed by atoms with Crippen molar-refractivity contribution in [3.8, 4) is 0 Å². The first-order valence-electron chi connectivity index (χ1n) is 6.77. The maximum atomic E-state index is 11.6. The molecule has 0 aromatic rings. The third kappa shape index (κ3) is 5.04. The monoisotopic (exact) mass is 256 g/mol. The minimum atomic E-state index is -0.0532. The number of rotatable bonds is 6. The molecule has 0 aromatic heterocycles. The Balaban J connectivity index is 2.15. The average Bonchev–Trinajstić information content (AvgIpc) is 2.39. The number of piperidine rings is 1. The van der Waals surface area contributed by atoms with Crippen molar-refractivity contribution in [2.75, 3.05) is 33.3 Å². The van der Waals surface area contributed by atoms with Crippen molar-refractivity contribution in [2.45, 2.75) is 32.6 Å². The van der Waals surface area contributed by atoms with Gasteiger partial charge >= 0.3 is 5.97 Å². The summed E-state index contributed by atoms with van der Waals surface area (Å²) in [5.41, 5.74) is 0. The van der Waals surface area contributed by atoms with E-state index in [1.807, 2.05) is 6.92 Å². The maximum Gasteiger partial charge on any atom is 0.309 e. The Hall–Kier alpha value is -1.10. The molecule has 1 amide bonds. The van der Waals surface area contributed by atoms with Crippen molar-refractivity contribution in [3.05, 3.63) is 0 Å². The van der Waals surface area contributed by atoms with E-state index in [1.54, 1.807) is 7.05 Å². The summed E-state index contributed by atoms with van der Waals surface area (Å²) in [6.45, 7) is 5.09. The Morgan fingerprint density at radius 1 is 1.33 bits per heavy atom.